The first-order valence-corrected chi connectivity index (χ1v) is 6.49. The van der Waals surface area contributed by atoms with E-state index in [1.807, 2.05) is 56.5 Å². The largest absolute Gasteiger partial charge is 0.379 e. The lowest BCUT2D eigenvalue weighted by Gasteiger charge is -2.13. The average molecular weight is 269 g/mol. The quantitative estimate of drug-likeness (QED) is 0.903. The van der Waals surface area contributed by atoms with Gasteiger partial charge >= 0.3 is 0 Å². The van der Waals surface area contributed by atoms with Gasteiger partial charge in [-0.1, -0.05) is 12.1 Å². The van der Waals surface area contributed by atoms with Crippen LogP contribution in [0.2, 0.25) is 0 Å². The van der Waals surface area contributed by atoms with E-state index in [0.29, 0.717) is 6.42 Å². The Labute approximate surface area is 119 Å². The van der Waals surface area contributed by atoms with E-state index in [4.69, 9.17) is 5.26 Å². The van der Waals surface area contributed by atoms with Gasteiger partial charge in [-0.15, -0.1) is 0 Å². The molecule has 0 radical (unpaired) electrons. The van der Waals surface area contributed by atoms with E-state index in [0.717, 1.165) is 29.4 Å². The first kappa shape index (κ1) is 13.9. The molecule has 1 N–H and O–H groups in total. The van der Waals surface area contributed by atoms with Crippen LogP contribution in [0, 0.1) is 11.3 Å². The summed E-state index contributed by atoms with van der Waals surface area (Å²) in [5, 5.41) is 12.0. The summed E-state index contributed by atoms with van der Waals surface area (Å²) in [6.45, 7) is 0.717. The minimum Gasteiger partial charge on any atom is -0.379 e. The Morgan fingerprint density at radius 2 is 2.00 bits per heavy atom. The number of nitrogens with one attached hydrogen (secondary N) is 1. The topological polar surface area (TPSA) is 56.9 Å². The van der Waals surface area contributed by atoms with Gasteiger partial charge in [0, 0.05) is 26.8 Å². The van der Waals surface area contributed by atoms with Crippen molar-refractivity contribution in [1.29, 1.82) is 5.26 Å². The normalized spacial score (nSPS) is 10.1. The third-order valence-electron chi connectivity index (χ3n) is 3.17. The molecule has 0 bridgehead atoms. The van der Waals surface area contributed by atoms with E-state index >= 15 is 0 Å². The fourth-order valence-electron chi connectivity index (χ4n) is 2.04. The lowest BCUT2D eigenvalue weighted by molar-refractivity contribution is 0.814. The number of anilines is 2. The smallest absolute Gasteiger partial charge is 0.204 e. The molecule has 1 heterocycles. The molecule has 1 aromatic heterocycles. The number of nitriles is 1. The Balaban J connectivity index is 2.00. The van der Waals surface area contributed by atoms with Crippen molar-refractivity contribution in [2.24, 2.45) is 7.05 Å². The van der Waals surface area contributed by atoms with Crippen molar-refractivity contribution in [2.75, 3.05) is 24.3 Å². The molecule has 0 spiro atoms. The van der Waals surface area contributed by atoms with Gasteiger partial charge in [-0.2, -0.15) is 5.26 Å². The molecular weight excluding hydrogens is 250 g/mol. The molecule has 0 unspecified atom stereocenters. The van der Waals surface area contributed by atoms with Gasteiger partial charge in [0.1, 0.15) is 0 Å². The van der Waals surface area contributed by atoms with Crippen LogP contribution in [-0.4, -0.2) is 23.6 Å². The molecule has 0 atom stereocenters. The molecule has 2 aromatic rings. The van der Waals surface area contributed by atoms with Crippen molar-refractivity contribution in [3.8, 4) is 6.07 Å². The zero-order valence-electron chi connectivity index (χ0n) is 12.1. The van der Waals surface area contributed by atoms with Crippen molar-refractivity contribution in [3.05, 3.63) is 41.7 Å². The number of hydrogen-bond donors (Lipinski definition) is 1. The third kappa shape index (κ3) is 3.09. The summed E-state index contributed by atoms with van der Waals surface area (Å²) >= 11 is 0. The highest BCUT2D eigenvalue weighted by molar-refractivity contribution is 5.45. The Bertz CT molecular complexity index is 604. The Morgan fingerprint density at radius 1 is 1.30 bits per heavy atom. The summed E-state index contributed by atoms with van der Waals surface area (Å²) in [6, 6.07) is 10.1. The summed E-state index contributed by atoms with van der Waals surface area (Å²) in [7, 11) is 5.97. The van der Waals surface area contributed by atoms with E-state index < -0.39 is 0 Å². The predicted octanol–water partition coefficient (Wildman–Crippen LogP) is 2.16. The second-order valence-corrected chi connectivity index (χ2v) is 4.89. The highest BCUT2D eigenvalue weighted by atomic mass is 15.3. The van der Waals surface area contributed by atoms with Crippen molar-refractivity contribution in [3.63, 3.8) is 0 Å². The van der Waals surface area contributed by atoms with Gasteiger partial charge in [-0.25, -0.2) is 4.98 Å². The van der Waals surface area contributed by atoms with Crippen LogP contribution < -0.4 is 10.2 Å². The zero-order valence-corrected chi connectivity index (χ0v) is 12.1. The van der Waals surface area contributed by atoms with Gasteiger partial charge in [-0.3, -0.25) is 0 Å². The van der Waals surface area contributed by atoms with Crippen LogP contribution in [0.4, 0.5) is 11.6 Å². The lowest BCUT2D eigenvalue weighted by atomic mass is 10.1. The second kappa shape index (κ2) is 6.11. The molecule has 0 amide bonds. The molecule has 1 aromatic carbocycles. The summed E-state index contributed by atoms with van der Waals surface area (Å²) in [5.41, 5.74) is 3.20. The van der Waals surface area contributed by atoms with E-state index in [2.05, 4.69) is 20.9 Å². The molecule has 2 rings (SSSR count). The fourth-order valence-corrected chi connectivity index (χ4v) is 2.04. The van der Waals surface area contributed by atoms with Crippen molar-refractivity contribution in [1.82, 2.24) is 9.55 Å². The van der Waals surface area contributed by atoms with E-state index in [1.54, 1.807) is 0 Å². The average Bonchev–Trinajstić information content (AvgIpc) is 2.80. The number of nitrogens with zero attached hydrogens (tertiary/aromatic N) is 4. The Hall–Kier alpha value is -2.48. The molecule has 0 fully saturated rings. The maximum absolute atomic E-state index is 8.64. The van der Waals surface area contributed by atoms with Crippen LogP contribution >= 0.6 is 0 Å². The predicted molar refractivity (Wildman–Crippen MR) is 80.6 cm³/mol. The molecular formula is C15H19N5. The zero-order chi connectivity index (χ0) is 14.5. The Kier molecular flexibility index (Phi) is 4.26. The summed E-state index contributed by atoms with van der Waals surface area (Å²) in [4.78, 5) is 6.37. The molecule has 0 aliphatic rings. The highest BCUT2D eigenvalue weighted by Crippen LogP contribution is 2.14. The standard InChI is InChI=1S/C15H19N5/c1-19(2)15-18-11-14(20(15)3)10-17-13-6-4-12(5-7-13)8-9-16/h4-7,11,17H,8,10H2,1-3H3. The van der Waals surface area contributed by atoms with Crippen molar-refractivity contribution >= 4 is 11.6 Å². The van der Waals surface area contributed by atoms with Crippen molar-refractivity contribution in [2.45, 2.75) is 13.0 Å². The second-order valence-electron chi connectivity index (χ2n) is 4.89. The molecule has 0 saturated heterocycles. The first-order chi connectivity index (χ1) is 9.61. The lowest BCUT2D eigenvalue weighted by Crippen LogP contribution is -2.15. The van der Waals surface area contributed by atoms with Crippen LogP contribution in [0.25, 0.3) is 0 Å². The van der Waals surface area contributed by atoms with Crippen LogP contribution in [0.15, 0.2) is 30.5 Å². The van der Waals surface area contributed by atoms with Gasteiger partial charge in [0.25, 0.3) is 0 Å². The van der Waals surface area contributed by atoms with Gasteiger partial charge in [-0.05, 0) is 17.7 Å². The van der Waals surface area contributed by atoms with Crippen LogP contribution in [0.3, 0.4) is 0 Å². The molecule has 5 heteroatoms. The summed E-state index contributed by atoms with van der Waals surface area (Å²) in [6.07, 6.45) is 2.33. The van der Waals surface area contributed by atoms with Gasteiger partial charge < -0.3 is 14.8 Å². The monoisotopic (exact) mass is 269 g/mol. The molecule has 0 aliphatic carbocycles. The maximum atomic E-state index is 8.64. The molecule has 104 valence electrons. The van der Waals surface area contributed by atoms with Crippen LogP contribution in [0.1, 0.15) is 11.3 Å². The fraction of sp³-hybridized carbons (Fsp3) is 0.333. The SMILES string of the molecule is CN(C)c1ncc(CNc2ccc(CC#N)cc2)n1C. The minimum atomic E-state index is 0.453. The van der Waals surface area contributed by atoms with Gasteiger partial charge in [0.2, 0.25) is 5.95 Å². The number of rotatable bonds is 5. The number of hydrogen-bond acceptors (Lipinski definition) is 4. The summed E-state index contributed by atoms with van der Waals surface area (Å²) in [5.74, 6) is 0.936. The first-order valence-electron chi connectivity index (χ1n) is 6.49. The van der Waals surface area contributed by atoms with E-state index in [1.165, 1.54) is 0 Å². The molecule has 0 aliphatic heterocycles. The third-order valence-corrected chi connectivity index (χ3v) is 3.17. The highest BCUT2D eigenvalue weighted by Gasteiger charge is 2.07. The maximum Gasteiger partial charge on any atom is 0.204 e. The minimum absolute atomic E-state index is 0.453. The number of aromatic nitrogens is 2. The van der Waals surface area contributed by atoms with Gasteiger partial charge in [0.05, 0.1) is 30.9 Å². The van der Waals surface area contributed by atoms with Gasteiger partial charge in [0.15, 0.2) is 0 Å². The van der Waals surface area contributed by atoms with Crippen molar-refractivity contribution < 1.29 is 0 Å². The van der Waals surface area contributed by atoms with Crippen LogP contribution in [0.5, 0.6) is 0 Å². The Morgan fingerprint density at radius 3 is 2.55 bits per heavy atom. The summed E-state index contributed by atoms with van der Waals surface area (Å²) < 4.78 is 2.07. The van der Waals surface area contributed by atoms with Crippen LogP contribution in [-0.2, 0) is 20.0 Å². The van der Waals surface area contributed by atoms with E-state index in [-0.39, 0.29) is 0 Å². The molecule has 0 saturated carbocycles. The number of imidazole rings is 1. The number of benzene rings is 1. The van der Waals surface area contributed by atoms with E-state index in [9.17, 15) is 0 Å². The molecule has 5 nitrogen and oxygen atoms in total. The molecule has 20 heavy (non-hydrogen) atoms.